The van der Waals surface area contributed by atoms with Gasteiger partial charge in [-0.05, 0) is 30.7 Å². The van der Waals surface area contributed by atoms with Gasteiger partial charge in [0, 0.05) is 0 Å². The highest BCUT2D eigenvalue weighted by Gasteiger charge is 2.42. The zero-order valence-corrected chi connectivity index (χ0v) is 12.8. The first-order valence-corrected chi connectivity index (χ1v) is 7.73. The summed E-state index contributed by atoms with van der Waals surface area (Å²) in [7, 11) is 0. The Kier molecular flexibility index (Phi) is 3.26. The summed E-state index contributed by atoms with van der Waals surface area (Å²) in [5.41, 5.74) is 1.81. The van der Waals surface area contributed by atoms with Crippen LogP contribution in [0.25, 0.3) is 0 Å². The molecule has 1 aromatic rings. The molecule has 0 aromatic heterocycles. The molecule has 5 heteroatoms. The van der Waals surface area contributed by atoms with Crippen molar-refractivity contribution in [2.75, 3.05) is 6.61 Å². The lowest BCUT2D eigenvalue weighted by atomic mass is 10.0. The number of carbonyl (C=O) groups is 1. The average Bonchev–Trinajstić information content (AvgIpc) is 2.93. The molecular weight excluding hydrogens is 290 g/mol. The Morgan fingerprint density at radius 1 is 1.26 bits per heavy atom. The number of aliphatic imine (C=N–C) groups is 1. The fourth-order valence-electron chi connectivity index (χ4n) is 3.07. The van der Waals surface area contributed by atoms with Crippen LogP contribution >= 0.6 is 0 Å². The smallest absolute Gasteiger partial charge is 0.256 e. The topological polar surface area (TPSA) is 53.9 Å². The summed E-state index contributed by atoms with van der Waals surface area (Å²) in [6.07, 6.45) is 9.54. The van der Waals surface area contributed by atoms with Crippen molar-refractivity contribution in [1.29, 1.82) is 0 Å². The van der Waals surface area contributed by atoms with E-state index in [-0.39, 0.29) is 18.0 Å². The zero-order chi connectivity index (χ0) is 15.8. The van der Waals surface area contributed by atoms with E-state index in [0.717, 1.165) is 22.8 Å². The first kappa shape index (κ1) is 13.8. The van der Waals surface area contributed by atoms with Gasteiger partial charge in [0.1, 0.15) is 17.6 Å². The van der Waals surface area contributed by atoms with Gasteiger partial charge in [-0.25, -0.2) is 0 Å². The number of nitrogens with one attached hydrogen (secondary N) is 1. The molecule has 1 aliphatic carbocycles. The van der Waals surface area contributed by atoms with Crippen molar-refractivity contribution >= 4 is 11.6 Å². The maximum absolute atomic E-state index is 12.9. The van der Waals surface area contributed by atoms with Crippen LogP contribution in [0.1, 0.15) is 18.5 Å². The van der Waals surface area contributed by atoms with Gasteiger partial charge in [0.15, 0.2) is 0 Å². The van der Waals surface area contributed by atoms with Gasteiger partial charge in [-0.3, -0.25) is 14.7 Å². The molecule has 0 bridgehead atoms. The van der Waals surface area contributed by atoms with Crippen molar-refractivity contribution in [3.63, 3.8) is 0 Å². The molecule has 1 N–H and O–H groups in total. The minimum Gasteiger partial charge on any atom is -0.494 e. The summed E-state index contributed by atoms with van der Waals surface area (Å²) in [5, 5.41) is 3.28. The first-order valence-electron chi connectivity index (χ1n) is 7.73. The fraction of sp³-hybridized carbons (Fsp3) is 0.222. The Balaban J connectivity index is 1.61. The average molecular weight is 307 g/mol. The molecule has 2 unspecified atom stereocenters. The van der Waals surface area contributed by atoms with Crippen molar-refractivity contribution in [2.45, 2.75) is 19.0 Å². The number of benzene rings is 1. The highest BCUT2D eigenvalue weighted by atomic mass is 16.5. The van der Waals surface area contributed by atoms with E-state index in [1.807, 2.05) is 55.5 Å². The number of hydrogen-bond donors (Lipinski definition) is 1. The number of nitrogens with zero attached hydrogens (tertiary/aromatic N) is 2. The maximum Gasteiger partial charge on any atom is 0.256 e. The molecule has 2 atom stereocenters. The van der Waals surface area contributed by atoms with Crippen LogP contribution in [0, 0.1) is 0 Å². The van der Waals surface area contributed by atoms with Gasteiger partial charge in [0.2, 0.25) is 0 Å². The van der Waals surface area contributed by atoms with Crippen molar-refractivity contribution < 1.29 is 9.53 Å². The second kappa shape index (κ2) is 5.43. The summed E-state index contributed by atoms with van der Waals surface area (Å²) in [6, 6.07) is 7.14. The van der Waals surface area contributed by atoms with Crippen molar-refractivity contribution in [2.24, 2.45) is 4.99 Å². The largest absolute Gasteiger partial charge is 0.494 e. The molecular formula is C18H17N3O2. The quantitative estimate of drug-likeness (QED) is 0.932. The molecule has 2 heterocycles. The third-order valence-corrected chi connectivity index (χ3v) is 4.15. The van der Waals surface area contributed by atoms with Crippen LogP contribution in [0.3, 0.4) is 0 Å². The molecule has 3 aliphatic rings. The number of carbonyl (C=O) groups excluding carboxylic acids is 1. The summed E-state index contributed by atoms with van der Waals surface area (Å²) in [5.74, 6) is 1.60. The van der Waals surface area contributed by atoms with E-state index in [2.05, 4.69) is 10.3 Å². The lowest BCUT2D eigenvalue weighted by Gasteiger charge is -2.29. The molecule has 0 spiro atoms. The number of rotatable bonds is 3. The fourth-order valence-corrected chi connectivity index (χ4v) is 3.07. The van der Waals surface area contributed by atoms with Crippen LogP contribution in [0.15, 0.2) is 65.6 Å². The predicted octanol–water partition coefficient (Wildman–Crippen LogP) is 2.31. The normalized spacial score (nSPS) is 24.6. The van der Waals surface area contributed by atoms with Gasteiger partial charge in [0.05, 0.1) is 24.6 Å². The lowest BCUT2D eigenvalue weighted by Crippen LogP contribution is -2.42. The predicted molar refractivity (Wildman–Crippen MR) is 87.9 cm³/mol. The molecule has 0 radical (unpaired) electrons. The van der Waals surface area contributed by atoms with Gasteiger partial charge in [0.25, 0.3) is 5.91 Å². The van der Waals surface area contributed by atoms with E-state index < -0.39 is 0 Å². The number of hydrogen-bond acceptors (Lipinski definition) is 4. The summed E-state index contributed by atoms with van der Waals surface area (Å²) in [6.45, 7) is 2.58. The molecule has 1 fully saturated rings. The Labute approximate surface area is 134 Å². The number of allylic oxidation sites excluding steroid dienone is 2. The Morgan fingerprint density at radius 2 is 2.09 bits per heavy atom. The van der Waals surface area contributed by atoms with Crippen LogP contribution < -0.4 is 10.1 Å². The molecule has 116 valence electrons. The molecule has 5 nitrogen and oxygen atoms in total. The molecule has 1 amide bonds. The Hall–Kier alpha value is -2.82. The van der Waals surface area contributed by atoms with Crippen molar-refractivity contribution in [3.05, 3.63) is 66.2 Å². The minimum absolute atomic E-state index is 0.0396. The van der Waals surface area contributed by atoms with E-state index in [0.29, 0.717) is 6.61 Å². The molecule has 1 saturated heterocycles. The van der Waals surface area contributed by atoms with Gasteiger partial charge in [-0.2, -0.15) is 0 Å². The molecule has 0 saturated carbocycles. The SMILES string of the molecule is CCOc1ccc(C2NC3=CN=C4C=CC=CC4N3C2=O)cc1. The molecule has 23 heavy (non-hydrogen) atoms. The van der Waals surface area contributed by atoms with Crippen molar-refractivity contribution in [3.8, 4) is 5.75 Å². The number of fused-ring (bicyclic) bond motifs is 3. The van der Waals surface area contributed by atoms with Crippen molar-refractivity contribution in [1.82, 2.24) is 10.2 Å². The Morgan fingerprint density at radius 3 is 2.87 bits per heavy atom. The number of amides is 1. The minimum atomic E-state index is -0.384. The van der Waals surface area contributed by atoms with Crippen LogP contribution in [0.2, 0.25) is 0 Å². The monoisotopic (exact) mass is 307 g/mol. The zero-order valence-electron chi connectivity index (χ0n) is 12.8. The van der Waals surface area contributed by atoms with Crippen LogP contribution in [-0.4, -0.2) is 29.2 Å². The van der Waals surface area contributed by atoms with E-state index in [1.54, 1.807) is 11.1 Å². The van der Waals surface area contributed by atoms with Gasteiger partial charge < -0.3 is 10.1 Å². The number of ether oxygens (including phenoxy) is 1. The van der Waals surface area contributed by atoms with E-state index in [4.69, 9.17) is 4.74 Å². The molecule has 1 aromatic carbocycles. The summed E-state index contributed by atoms with van der Waals surface area (Å²) in [4.78, 5) is 19.1. The van der Waals surface area contributed by atoms with Gasteiger partial charge >= 0.3 is 0 Å². The second-order valence-corrected chi connectivity index (χ2v) is 5.54. The van der Waals surface area contributed by atoms with Crippen LogP contribution in [-0.2, 0) is 4.79 Å². The molecule has 2 aliphatic heterocycles. The van der Waals surface area contributed by atoms with Crippen LogP contribution in [0.5, 0.6) is 5.75 Å². The maximum atomic E-state index is 12.9. The van der Waals surface area contributed by atoms with E-state index >= 15 is 0 Å². The molecule has 4 rings (SSSR count). The highest BCUT2D eigenvalue weighted by Crippen LogP contribution is 2.32. The van der Waals surface area contributed by atoms with Gasteiger partial charge in [-0.1, -0.05) is 30.4 Å². The Bertz CT molecular complexity index is 759. The lowest BCUT2D eigenvalue weighted by molar-refractivity contribution is -0.128. The van der Waals surface area contributed by atoms with E-state index in [1.165, 1.54) is 0 Å². The summed E-state index contributed by atoms with van der Waals surface area (Å²) < 4.78 is 5.45. The third kappa shape index (κ3) is 2.25. The second-order valence-electron chi connectivity index (χ2n) is 5.54. The van der Waals surface area contributed by atoms with E-state index in [9.17, 15) is 4.79 Å². The standard InChI is InChI=1S/C18H17N3O2/c1-2-23-13-9-7-12(8-10-13)17-18(22)21-15-6-4-3-5-14(15)19-11-16(21)20-17/h3-11,15,17,20H,2H2,1H3. The van der Waals surface area contributed by atoms with Gasteiger partial charge in [-0.15, -0.1) is 0 Å². The highest BCUT2D eigenvalue weighted by molar-refractivity contribution is 6.06. The van der Waals surface area contributed by atoms with Crippen LogP contribution in [0.4, 0.5) is 0 Å². The summed E-state index contributed by atoms with van der Waals surface area (Å²) >= 11 is 0. The third-order valence-electron chi connectivity index (χ3n) is 4.15. The first-order chi connectivity index (χ1) is 11.3.